The molecule has 0 bridgehead atoms. The highest BCUT2D eigenvalue weighted by molar-refractivity contribution is 5.57. The number of benzene rings is 1. The number of hydrogen-bond donors (Lipinski definition) is 1. The van der Waals surface area contributed by atoms with Gasteiger partial charge in [0.1, 0.15) is 0 Å². The van der Waals surface area contributed by atoms with Gasteiger partial charge in [0, 0.05) is 6.04 Å². The van der Waals surface area contributed by atoms with Crippen molar-refractivity contribution in [1.29, 1.82) is 0 Å². The lowest BCUT2D eigenvalue weighted by molar-refractivity contribution is -0.274. The van der Waals surface area contributed by atoms with Crippen LogP contribution < -0.4 is 10.1 Å². The molecule has 1 aromatic rings. The first-order valence-corrected chi connectivity index (χ1v) is 4.66. The van der Waals surface area contributed by atoms with Crippen molar-refractivity contribution in [3.8, 4) is 5.75 Å². The van der Waals surface area contributed by atoms with Crippen molar-refractivity contribution in [3.05, 3.63) is 24.3 Å². The minimum atomic E-state index is -4.64. The Labute approximate surface area is 85.0 Å². The summed E-state index contributed by atoms with van der Waals surface area (Å²) in [5, 5.41) is 2.98. The highest BCUT2D eigenvalue weighted by Gasteiger charge is 2.32. The average molecular weight is 217 g/mol. The fourth-order valence-corrected chi connectivity index (χ4v) is 1.25. The van der Waals surface area contributed by atoms with Crippen molar-refractivity contribution in [3.63, 3.8) is 0 Å². The molecular weight excluding hydrogens is 207 g/mol. The molecule has 0 heterocycles. The van der Waals surface area contributed by atoms with Crippen LogP contribution in [0.4, 0.5) is 18.9 Å². The fourth-order valence-electron chi connectivity index (χ4n) is 1.25. The van der Waals surface area contributed by atoms with Crippen LogP contribution >= 0.6 is 0 Å². The maximum atomic E-state index is 12.0. The molecule has 82 valence electrons. The van der Waals surface area contributed by atoms with Gasteiger partial charge in [0.05, 0.1) is 5.69 Å². The van der Waals surface area contributed by atoms with Crippen molar-refractivity contribution in [2.24, 2.45) is 0 Å². The molecule has 0 unspecified atom stereocenters. The number of halogens is 3. The van der Waals surface area contributed by atoms with Crippen LogP contribution in [0.15, 0.2) is 24.3 Å². The predicted octanol–water partition coefficient (Wildman–Crippen LogP) is 3.16. The van der Waals surface area contributed by atoms with Crippen molar-refractivity contribution in [2.45, 2.75) is 25.2 Å². The van der Waals surface area contributed by atoms with Crippen LogP contribution in [-0.4, -0.2) is 12.4 Å². The number of para-hydroxylation sites is 2. The predicted molar refractivity (Wildman–Crippen MR) is 49.8 cm³/mol. The molecular formula is C10H10F3NO. The van der Waals surface area contributed by atoms with Gasteiger partial charge in [0.2, 0.25) is 0 Å². The van der Waals surface area contributed by atoms with Crippen LogP contribution in [-0.2, 0) is 0 Å². The Bertz CT molecular complexity index is 347. The summed E-state index contributed by atoms with van der Waals surface area (Å²) in [6.45, 7) is 0. The Morgan fingerprint density at radius 2 is 1.87 bits per heavy atom. The standard InChI is InChI=1S/C10H10F3NO/c11-10(12,13)15-9-4-2-1-3-8(9)14-7-5-6-7/h1-4,7,14H,5-6H2. The zero-order chi connectivity index (χ0) is 10.9. The fraction of sp³-hybridized carbons (Fsp3) is 0.400. The summed E-state index contributed by atoms with van der Waals surface area (Å²) in [4.78, 5) is 0. The molecule has 0 spiro atoms. The van der Waals surface area contributed by atoms with Gasteiger partial charge < -0.3 is 10.1 Å². The Kier molecular flexibility index (Phi) is 2.46. The first-order valence-electron chi connectivity index (χ1n) is 4.66. The van der Waals surface area contributed by atoms with Crippen LogP contribution in [0.5, 0.6) is 5.75 Å². The Hall–Kier alpha value is -1.39. The monoisotopic (exact) mass is 217 g/mol. The highest BCUT2D eigenvalue weighted by Crippen LogP contribution is 2.33. The van der Waals surface area contributed by atoms with Crippen molar-refractivity contribution >= 4 is 5.69 Å². The largest absolute Gasteiger partial charge is 0.573 e. The van der Waals surface area contributed by atoms with Crippen LogP contribution in [0, 0.1) is 0 Å². The number of anilines is 1. The topological polar surface area (TPSA) is 21.3 Å². The Morgan fingerprint density at radius 1 is 1.20 bits per heavy atom. The van der Waals surface area contributed by atoms with Crippen molar-refractivity contribution in [2.75, 3.05) is 5.32 Å². The number of alkyl halides is 3. The van der Waals surface area contributed by atoms with Gasteiger partial charge in [-0.25, -0.2) is 0 Å². The number of ether oxygens (including phenoxy) is 1. The second-order valence-corrected chi connectivity index (χ2v) is 3.46. The molecule has 1 aliphatic carbocycles. The molecule has 0 aliphatic heterocycles. The van der Waals surface area contributed by atoms with E-state index in [0.29, 0.717) is 11.7 Å². The molecule has 15 heavy (non-hydrogen) atoms. The molecule has 0 amide bonds. The van der Waals surface area contributed by atoms with Gasteiger partial charge in [0.15, 0.2) is 5.75 Å². The summed E-state index contributed by atoms with van der Waals surface area (Å²) < 4.78 is 40.0. The molecule has 0 radical (unpaired) electrons. The maximum Gasteiger partial charge on any atom is 0.573 e. The second-order valence-electron chi connectivity index (χ2n) is 3.46. The molecule has 2 rings (SSSR count). The molecule has 5 heteroatoms. The average Bonchev–Trinajstić information content (AvgIpc) is 2.89. The van der Waals surface area contributed by atoms with E-state index in [4.69, 9.17) is 0 Å². The first kappa shape index (κ1) is 10.1. The van der Waals surface area contributed by atoms with Crippen LogP contribution in [0.1, 0.15) is 12.8 Å². The summed E-state index contributed by atoms with van der Waals surface area (Å²) in [5.74, 6) is -0.170. The maximum absolute atomic E-state index is 12.0. The normalized spacial score (nSPS) is 16.2. The van der Waals surface area contributed by atoms with E-state index in [2.05, 4.69) is 10.1 Å². The minimum absolute atomic E-state index is 0.170. The van der Waals surface area contributed by atoms with Gasteiger partial charge in [-0.05, 0) is 25.0 Å². The molecule has 1 aromatic carbocycles. The zero-order valence-corrected chi connectivity index (χ0v) is 7.84. The molecule has 0 saturated heterocycles. The van der Waals surface area contributed by atoms with Gasteiger partial charge in [-0.2, -0.15) is 0 Å². The molecule has 1 saturated carbocycles. The van der Waals surface area contributed by atoms with E-state index >= 15 is 0 Å². The first-order chi connectivity index (χ1) is 7.04. The van der Waals surface area contributed by atoms with E-state index in [-0.39, 0.29) is 5.75 Å². The summed E-state index contributed by atoms with van der Waals surface area (Å²) in [7, 11) is 0. The van der Waals surface area contributed by atoms with Gasteiger partial charge in [-0.15, -0.1) is 13.2 Å². The van der Waals surface area contributed by atoms with E-state index in [9.17, 15) is 13.2 Å². The van der Waals surface area contributed by atoms with Crippen LogP contribution in [0.3, 0.4) is 0 Å². The third kappa shape index (κ3) is 3.04. The molecule has 1 fully saturated rings. The van der Waals surface area contributed by atoms with Gasteiger partial charge >= 0.3 is 6.36 Å². The lowest BCUT2D eigenvalue weighted by atomic mass is 10.3. The molecule has 0 atom stereocenters. The van der Waals surface area contributed by atoms with E-state index < -0.39 is 6.36 Å². The summed E-state index contributed by atoms with van der Waals surface area (Å²) in [5.41, 5.74) is 0.400. The molecule has 1 N–H and O–H groups in total. The SMILES string of the molecule is FC(F)(F)Oc1ccccc1NC1CC1. The Morgan fingerprint density at radius 3 is 2.47 bits per heavy atom. The lowest BCUT2D eigenvalue weighted by Gasteiger charge is -2.13. The molecule has 0 aromatic heterocycles. The number of nitrogens with one attached hydrogen (secondary N) is 1. The summed E-state index contributed by atoms with van der Waals surface area (Å²) >= 11 is 0. The molecule has 1 aliphatic rings. The molecule has 2 nitrogen and oxygen atoms in total. The van der Waals surface area contributed by atoms with E-state index in [1.807, 2.05) is 0 Å². The van der Waals surface area contributed by atoms with E-state index in [1.165, 1.54) is 12.1 Å². The summed E-state index contributed by atoms with van der Waals surface area (Å²) in [6, 6.07) is 6.37. The number of rotatable bonds is 3. The summed E-state index contributed by atoms with van der Waals surface area (Å²) in [6.07, 6.45) is -2.64. The van der Waals surface area contributed by atoms with Gasteiger partial charge in [-0.1, -0.05) is 12.1 Å². The zero-order valence-electron chi connectivity index (χ0n) is 7.84. The second kappa shape index (κ2) is 3.64. The highest BCUT2D eigenvalue weighted by atomic mass is 19.4. The van der Waals surface area contributed by atoms with E-state index in [0.717, 1.165) is 12.8 Å². The Balaban J connectivity index is 2.13. The van der Waals surface area contributed by atoms with Gasteiger partial charge in [0.25, 0.3) is 0 Å². The smallest absolute Gasteiger partial charge is 0.404 e. The van der Waals surface area contributed by atoms with Crippen LogP contribution in [0.2, 0.25) is 0 Å². The van der Waals surface area contributed by atoms with Crippen molar-refractivity contribution in [1.82, 2.24) is 0 Å². The van der Waals surface area contributed by atoms with Crippen LogP contribution in [0.25, 0.3) is 0 Å². The number of hydrogen-bond acceptors (Lipinski definition) is 2. The quantitative estimate of drug-likeness (QED) is 0.839. The van der Waals surface area contributed by atoms with Crippen molar-refractivity contribution < 1.29 is 17.9 Å². The van der Waals surface area contributed by atoms with E-state index in [1.54, 1.807) is 12.1 Å². The lowest BCUT2D eigenvalue weighted by Crippen LogP contribution is -2.18. The third-order valence-electron chi connectivity index (χ3n) is 2.05. The van der Waals surface area contributed by atoms with Gasteiger partial charge in [-0.3, -0.25) is 0 Å². The third-order valence-corrected chi connectivity index (χ3v) is 2.05. The minimum Gasteiger partial charge on any atom is -0.404 e.